The third kappa shape index (κ3) is 4.92. The third-order valence-corrected chi connectivity index (χ3v) is 5.38. The summed E-state index contributed by atoms with van der Waals surface area (Å²) in [6.07, 6.45) is 9.72. The van der Waals surface area contributed by atoms with Gasteiger partial charge in [-0.3, -0.25) is 9.80 Å². The maximum absolute atomic E-state index is 10.7. The molecule has 4 heteroatoms. The normalized spacial score (nSPS) is 28.0. The van der Waals surface area contributed by atoms with Crippen LogP contribution in [-0.4, -0.2) is 57.6 Å². The van der Waals surface area contributed by atoms with E-state index in [1.165, 1.54) is 38.5 Å². The molecule has 2 atom stereocenters. The lowest BCUT2D eigenvalue weighted by molar-refractivity contribution is -0.127. The van der Waals surface area contributed by atoms with Gasteiger partial charge in [-0.15, -0.1) is 0 Å². The van der Waals surface area contributed by atoms with Gasteiger partial charge in [0, 0.05) is 26.2 Å². The van der Waals surface area contributed by atoms with Crippen molar-refractivity contribution in [3.63, 3.8) is 0 Å². The van der Waals surface area contributed by atoms with E-state index >= 15 is 0 Å². The fourth-order valence-corrected chi connectivity index (χ4v) is 3.83. The van der Waals surface area contributed by atoms with Crippen LogP contribution < -0.4 is 0 Å². The van der Waals surface area contributed by atoms with Crippen LogP contribution in [0.1, 0.15) is 71.6 Å². The number of piperidine rings is 2. The summed E-state index contributed by atoms with van der Waals surface area (Å²) < 4.78 is 0. The van der Waals surface area contributed by atoms with Crippen molar-refractivity contribution in [3.05, 3.63) is 0 Å². The van der Waals surface area contributed by atoms with Crippen molar-refractivity contribution in [2.24, 2.45) is 0 Å². The van der Waals surface area contributed by atoms with Gasteiger partial charge in [-0.25, -0.2) is 0 Å². The lowest BCUT2D eigenvalue weighted by atomic mass is 9.97. The molecule has 2 aliphatic heterocycles. The highest BCUT2D eigenvalue weighted by Gasteiger charge is 2.33. The molecule has 2 heterocycles. The molecule has 2 unspecified atom stereocenters. The van der Waals surface area contributed by atoms with Crippen molar-refractivity contribution >= 4 is 0 Å². The van der Waals surface area contributed by atoms with E-state index in [4.69, 9.17) is 0 Å². The second-order valence-corrected chi connectivity index (χ2v) is 7.38. The zero-order chi connectivity index (χ0) is 15.3. The Morgan fingerprint density at radius 2 is 1.00 bits per heavy atom. The van der Waals surface area contributed by atoms with Gasteiger partial charge in [0.1, 0.15) is 11.4 Å². The smallest absolute Gasteiger partial charge is 0.115 e. The van der Waals surface area contributed by atoms with Crippen molar-refractivity contribution in [1.29, 1.82) is 0 Å². The predicted octanol–water partition coefficient (Wildman–Crippen LogP) is 2.55. The molecule has 2 saturated heterocycles. The van der Waals surface area contributed by atoms with Gasteiger partial charge >= 0.3 is 0 Å². The third-order valence-electron chi connectivity index (χ3n) is 5.38. The SMILES string of the molecule is CC(O)(CCCC(C)(O)N1CCCCC1)N1CCCCC1. The van der Waals surface area contributed by atoms with Gasteiger partial charge in [-0.2, -0.15) is 0 Å². The van der Waals surface area contributed by atoms with Crippen LogP contribution in [0.25, 0.3) is 0 Å². The molecule has 0 aromatic rings. The van der Waals surface area contributed by atoms with E-state index in [9.17, 15) is 10.2 Å². The Morgan fingerprint density at radius 3 is 1.33 bits per heavy atom. The summed E-state index contributed by atoms with van der Waals surface area (Å²) in [7, 11) is 0. The molecule has 0 aliphatic carbocycles. The molecule has 2 N–H and O–H groups in total. The molecule has 124 valence electrons. The fraction of sp³-hybridized carbons (Fsp3) is 1.00. The van der Waals surface area contributed by atoms with Crippen LogP contribution in [0, 0.1) is 0 Å². The second kappa shape index (κ2) is 7.40. The summed E-state index contributed by atoms with van der Waals surface area (Å²) in [4.78, 5) is 4.43. The first-order valence-electron chi connectivity index (χ1n) is 8.87. The van der Waals surface area contributed by atoms with Gasteiger partial charge in [0.15, 0.2) is 0 Å². The molecule has 2 aliphatic rings. The maximum atomic E-state index is 10.7. The topological polar surface area (TPSA) is 46.9 Å². The highest BCUT2D eigenvalue weighted by Crippen LogP contribution is 2.28. The van der Waals surface area contributed by atoms with E-state index in [-0.39, 0.29) is 0 Å². The zero-order valence-corrected chi connectivity index (χ0v) is 14.0. The average molecular weight is 298 g/mol. The molecule has 21 heavy (non-hydrogen) atoms. The van der Waals surface area contributed by atoms with E-state index in [1.54, 1.807) is 0 Å². The van der Waals surface area contributed by atoms with E-state index in [0.29, 0.717) is 0 Å². The molecular formula is C17H34N2O2. The Morgan fingerprint density at radius 1 is 0.667 bits per heavy atom. The van der Waals surface area contributed by atoms with Crippen molar-refractivity contribution in [2.45, 2.75) is 83.1 Å². The van der Waals surface area contributed by atoms with Crippen molar-refractivity contribution in [2.75, 3.05) is 26.2 Å². The van der Waals surface area contributed by atoms with Gasteiger partial charge in [0.2, 0.25) is 0 Å². The number of hydrogen-bond donors (Lipinski definition) is 2. The van der Waals surface area contributed by atoms with E-state index in [1.807, 2.05) is 13.8 Å². The van der Waals surface area contributed by atoms with Crippen LogP contribution in [0.15, 0.2) is 0 Å². The number of aliphatic hydroxyl groups is 2. The number of likely N-dealkylation sites (tertiary alicyclic amines) is 2. The first-order chi connectivity index (χ1) is 9.92. The molecular weight excluding hydrogens is 264 g/mol. The van der Waals surface area contributed by atoms with Crippen LogP contribution in [-0.2, 0) is 0 Å². The van der Waals surface area contributed by atoms with Gasteiger partial charge in [-0.1, -0.05) is 12.8 Å². The average Bonchev–Trinajstić information content (AvgIpc) is 2.49. The molecule has 0 spiro atoms. The van der Waals surface area contributed by atoms with Gasteiger partial charge < -0.3 is 10.2 Å². The number of rotatable bonds is 6. The molecule has 4 nitrogen and oxygen atoms in total. The van der Waals surface area contributed by atoms with Crippen molar-refractivity contribution in [1.82, 2.24) is 9.80 Å². The first kappa shape index (κ1) is 17.2. The van der Waals surface area contributed by atoms with Crippen LogP contribution in [0.2, 0.25) is 0 Å². The fourth-order valence-electron chi connectivity index (χ4n) is 3.83. The van der Waals surface area contributed by atoms with Crippen molar-refractivity contribution in [3.8, 4) is 0 Å². The summed E-state index contributed by atoms with van der Waals surface area (Å²) >= 11 is 0. The Labute approximate surface area is 130 Å². The Hall–Kier alpha value is -0.160. The van der Waals surface area contributed by atoms with Gasteiger partial charge in [0.05, 0.1) is 0 Å². The Bertz CT molecular complexity index is 276. The van der Waals surface area contributed by atoms with Crippen LogP contribution >= 0.6 is 0 Å². The minimum absolute atomic E-state index is 0.710. The summed E-state index contributed by atoms with van der Waals surface area (Å²) in [6, 6.07) is 0. The van der Waals surface area contributed by atoms with E-state index < -0.39 is 11.4 Å². The second-order valence-electron chi connectivity index (χ2n) is 7.38. The summed E-state index contributed by atoms with van der Waals surface area (Å²) in [5, 5.41) is 21.4. The molecule has 0 aromatic carbocycles. The van der Waals surface area contributed by atoms with Crippen LogP contribution in [0.5, 0.6) is 0 Å². The highest BCUT2D eigenvalue weighted by molar-refractivity contribution is 4.81. The van der Waals surface area contributed by atoms with Crippen molar-refractivity contribution < 1.29 is 10.2 Å². The monoisotopic (exact) mass is 298 g/mol. The van der Waals surface area contributed by atoms with Crippen LogP contribution in [0.3, 0.4) is 0 Å². The minimum atomic E-state index is -0.710. The molecule has 0 bridgehead atoms. The molecule has 0 aromatic heterocycles. The maximum Gasteiger partial charge on any atom is 0.115 e. The number of hydrogen-bond acceptors (Lipinski definition) is 4. The van der Waals surface area contributed by atoms with E-state index in [0.717, 1.165) is 45.4 Å². The number of nitrogens with zero attached hydrogens (tertiary/aromatic N) is 2. The molecule has 2 rings (SSSR count). The molecule has 0 amide bonds. The predicted molar refractivity (Wildman–Crippen MR) is 85.9 cm³/mol. The molecule has 0 saturated carbocycles. The lowest BCUT2D eigenvalue weighted by Crippen LogP contribution is -2.50. The standard InChI is InChI=1S/C17H34N2O2/c1-16(20,18-12-5-3-6-13-18)10-9-11-17(2,21)19-14-7-4-8-15-19/h20-21H,3-15H2,1-2H3. The highest BCUT2D eigenvalue weighted by atomic mass is 16.3. The Balaban J connectivity index is 1.76. The van der Waals surface area contributed by atoms with Gasteiger partial charge in [0.25, 0.3) is 0 Å². The quantitative estimate of drug-likeness (QED) is 0.791. The zero-order valence-electron chi connectivity index (χ0n) is 14.0. The molecule has 0 radical (unpaired) electrons. The van der Waals surface area contributed by atoms with Gasteiger partial charge in [-0.05, 0) is 58.8 Å². The lowest BCUT2D eigenvalue weighted by Gasteiger charge is -2.42. The molecule has 2 fully saturated rings. The summed E-state index contributed by atoms with van der Waals surface area (Å²) in [6.45, 7) is 7.91. The van der Waals surface area contributed by atoms with Crippen LogP contribution in [0.4, 0.5) is 0 Å². The van der Waals surface area contributed by atoms with E-state index in [2.05, 4.69) is 9.80 Å². The largest absolute Gasteiger partial charge is 0.376 e. The minimum Gasteiger partial charge on any atom is -0.376 e. The summed E-state index contributed by atoms with van der Waals surface area (Å²) in [5.41, 5.74) is -1.42. The first-order valence-corrected chi connectivity index (χ1v) is 8.87. The Kier molecular flexibility index (Phi) is 6.06. The summed E-state index contributed by atoms with van der Waals surface area (Å²) in [5.74, 6) is 0.